The van der Waals surface area contributed by atoms with Crippen LogP contribution in [0.4, 0.5) is 0 Å². The third-order valence-electron chi connectivity index (χ3n) is 4.42. The van der Waals surface area contributed by atoms with Crippen LogP contribution in [-0.2, 0) is 20.7 Å². The van der Waals surface area contributed by atoms with Crippen LogP contribution in [0.3, 0.4) is 0 Å². The van der Waals surface area contributed by atoms with E-state index in [-0.39, 0.29) is 18.3 Å². The smallest absolute Gasteiger partial charge is 0.399 e. The Morgan fingerprint density at radius 1 is 1.09 bits per heavy atom. The van der Waals surface area contributed by atoms with Crippen LogP contribution in [0.5, 0.6) is 0 Å². The lowest BCUT2D eigenvalue weighted by atomic mass is 9.78. The molecule has 0 aromatic heterocycles. The largest absolute Gasteiger partial charge is 0.494 e. The van der Waals surface area contributed by atoms with Crippen LogP contribution in [0.15, 0.2) is 22.7 Å². The van der Waals surface area contributed by atoms with Gasteiger partial charge in [0.05, 0.1) is 17.8 Å². The summed E-state index contributed by atoms with van der Waals surface area (Å²) in [5.41, 5.74) is 1.52. The molecule has 22 heavy (non-hydrogen) atoms. The summed E-state index contributed by atoms with van der Waals surface area (Å²) in [7, 11) is -0.336. The van der Waals surface area contributed by atoms with Gasteiger partial charge in [-0.2, -0.15) is 0 Å². The van der Waals surface area contributed by atoms with Gasteiger partial charge >= 0.3 is 7.12 Å². The molecular weight excluding hydrogens is 343 g/mol. The zero-order valence-corrected chi connectivity index (χ0v) is 15.8. The molecule has 5 heteroatoms. The fourth-order valence-corrected chi connectivity index (χ4v) is 2.87. The van der Waals surface area contributed by atoms with Crippen molar-refractivity contribution in [2.24, 2.45) is 0 Å². The molecule has 0 radical (unpaired) electrons. The van der Waals surface area contributed by atoms with Crippen molar-refractivity contribution in [3.05, 3.63) is 28.2 Å². The van der Waals surface area contributed by atoms with E-state index in [9.17, 15) is 0 Å². The molecule has 0 N–H and O–H groups in total. The molecule has 122 valence electrons. The minimum atomic E-state index is -0.336. The van der Waals surface area contributed by atoms with Crippen LogP contribution in [-0.4, -0.2) is 24.9 Å². The minimum absolute atomic E-state index is 0.322. The first-order valence-corrected chi connectivity index (χ1v) is 8.77. The van der Waals surface area contributed by atoms with Gasteiger partial charge in [-0.1, -0.05) is 35.3 Å². The lowest BCUT2D eigenvalue weighted by Crippen LogP contribution is -2.41. The van der Waals surface area contributed by atoms with Crippen LogP contribution < -0.4 is 5.46 Å². The van der Waals surface area contributed by atoms with Gasteiger partial charge in [0, 0.05) is 11.1 Å². The number of benzene rings is 1. The second-order valence-corrected chi connectivity index (χ2v) is 7.80. The average molecular weight is 369 g/mol. The Hall–Kier alpha value is -0.355. The van der Waals surface area contributed by atoms with Gasteiger partial charge in [0.2, 0.25) is 0 Å². The van der Waals surface area contributed by atoms with Crippen molar-refractivity contribution in [1.29, 1.82) is 0 Å². The van der Waals surface area contributed by atoms with Crippen molar-refractivity contribution in [2.45, 2.75) is 65.3 Å². The molecule has 0 bridgehead atoms. The van der Waals surface area contributed by atoms with E-state index in [1.165, 1.54) is 0 Å². The summed E-state index contributed by atoms with van der Waals surface area (Å²) in [6.07, 6.45) is 2.25. The van der Waals surface area contributed by atoms with E-state index in [1.54, 1.807) is 0 Å². The predicted molar refractivity (Wildman–Crippen MR) is 94.4 cm³/mol. The van der Waals surface area contributed by atoms with E-state index >= 15 is 0 Å². The first kappa shape index (κ1) is 18.0. The molecule has 0 unspecified atom stereocenters. The Labute approximate surface area is 143 Å². The Kier molecular flexibility index (Phi) is 5.76. The zero-order valence-electron chi connectivity index (χ0n) is 14.2. The Balaban J connectivity index is 2.10. The number of rotatable bonds is 6. The highest BCUT2D eigenvalue weighted by atomic mass is 79.9. The SMILES string of the molecule is CCCCOCc1cc(Br)cc(B2OC(C)(C)C(C)(C)O2)c1. The minimum Gasteiger partial charge on any atom is -0.399 e. The molecule has 0 amide bonds. The van der Waals surface area contributed by atoms with E-state index in [0.29, 0.717) is 6.61 Å². The summed E-state index contributed by atoms with van der Waals surface area (Å²) in [5.74, 6) is 0. The third kappa shape index (κ3) is 4.13. The molecular formula is C17H26BBrO3. The maximum atomic E-state index is 6.12. The molecule has 1 aliphatic heterocycles. The van der Waals surface area contributed by atoms with E-state index in [0.717, 1.165) is 34.9 Å². The summed E-state index contributed by atoms with van der Waals surface area (Å²) in [5, 5.41) is 0. The van der Waals surface area contributed by atoms with Gasteiger partial charge in [-0.3, -0.25) is 0 Å². The maximum absolute atomic E-state index is 6.12. The highest BCUT2D eigenvalue weighted by Gasteiger charge is 2.51. The normalized spacial score (nSPS) is 19.6. The van der Waals surface area contributed by atoms with Gasteiger partial charge in [-0.25, -0.2) is 0 Å². The van der Waals surface area contributed by atoms with Gasteiger partial charge in [-0.05, 0) is 57.3 Å². The van der Waals surface area contributed by atoms with Crippen molar-refractivity contribution in [3.8, 4) is 0 Å². The predicted octanol–water partition coefficient (Wildman–Crippen LogP) is 4.07. The molecule has 1 aromatic carbocycles. The number of unbranched alkanes of at least 4 members (excludes halogenated alkanes) is 1. The van der Waals surface area contributed by atoms with Gasteiger partial charge in [0.25, 0.3) is 0 Å². The van der Waals surface area contributed by atoms with Crippen LogP contribution in [0.2, 0.25) is 0 Å². The molecule has 1 heterocycles. The van der Waals surface area contributed by atoms with Crippen molar-refractivity contribution >= 4 is 28.5 Å². The molecule has 0 aliphatic carbocycles. The summed E-state index contributed by atoms with van der Waals surface area (Å²) in [6.45, 7) is 11.9. The van der Waals surface area contributed by atoms with Crippen molar-refractivity contribution < 1.29 is 14.0 Å². The molecule has 1 aromatic rings. The van der Waals surface area contributed by atoms with Gasteiger partial charge in [0.1, 0.15) is 0 Å². The number of halogens is 1. The Morgan fingerprint density at radius 3 is 2.32 bits per heavy atom. The molecule has 2 rings (SSSR count). The van der Waals surface area contributed by atoms with Crippen LogP contribution in [0.1, 0.15) is 53.0 Å². The third-order valence-corrected chi connectivity index (χ3v) is 4.87. The molecule has 1 fully saturated rings. The molecule has 0 spiro atoms. The summed E-state index contributed by atoms with van der Waals surface area (Å²) < 4.78 is 19.0. The first-order valence-electron chi connectivity index (χ1n) is 7.98. The summed E-state index contributed by atoms with van der Waals surface area (Å²) in [6, 6.07) is 6.25. The zero-order chi connectivity index (χ0) is 16.4. The highest BCUT2D eigenvalue weighted by molar-refractivity contribution is 9.10. The van der Waals surface area contributed by atoms with Gasteiger partial charge in [-0.15, -0.1) is 0 Å². The fraction of sp³-hybridized carbons (Fsp3) is 0.647. The summed E-state index contributed by atoms with van der Waals surface area (Å²) in [4.78, 5) is 0. The molecule has 3 nitrogen and oxygen atoms in total. The molecule has 1 aliphatic rings. The standard InChI is InChI=1S/C17H26BBrO3/c1-6-7-8-20-12-13-9-14(11-15(19)10-13)18-21-16(2,3)17(4,5)22-18/h9-11H,6-8,12H2,1-5H3. The molecule has 0 saturated carbocycles. The van der Waals surface area contributed by atoms with Crippen LogP contribution in [0.25, 0.3) is 0 Å². The first-order chi connectivity index (χ1) is 10.2. The van der Waals surface area contributed by atoms with E-state index in [4.69, 9.17) is 14.0 Å². The van der Waals surface area contributed by atoms with Gasteiger partial charge < -0.3 is 14.0 Å². The van der Waals surface area contributed by atoms with Crippen molar-refractivity contribution in [3.63, 3.8) is 0 Å². The lowest BCUT2D eigenvalue weighted by molar-refractivity contribution is 0.00578. The second kappa shape index (κ2) is 7.04. The van der Waals surface area contributed by atoms with E-state index in [2.05, 4.69) is 68.7 Å². The van der Waals surface area contributed by atoms with Crippen LogP contribution in [0, 0.1) is 0 Å². The van der Waals surface area contributed by atoms with Crippen molar-refractivity contribution in [1.82, 2.24) is 0 Å². The topological polar surface area (TPSA) is 27.7 Å². The number of hydrogen-bond donors (Lipinski definition) is 0. The Morgan fingerprint density at radius 2 is 1.73 bits per heavy atom. The fourth-order valence-electron chi connectivity index (χ4n) is 2.31. The molecule has 1 saturated heterocycles. The number of hydrogen-bond acceptors (Lipinski definition) is 3. The van der Waals surface area contributed by atoms with E-state index < -0.39 is 0 Å². The second-order valence-electron chi connectivity index (χ2n) is 6.89. The van der Waals surface area contributed by atoms with Crippen molar-refractivity contribution in [2.75, 3.05) is 6.61 Å². The quantitative estimate of drug-likeness (QED) is 0.559. The molecule has 0 atom stereocenters. The number of ether oxygens (including phenoxy) is 1. The lowest BCUT2D eigenvalue weighted by Gasteiger charge is -2.32. The van der Waals surface area contributed by atoms with Crippen LogP contribution >= 0.6 is 15.9 Å². The maximum Gasteiger partial charge on any atom is 0.494 e. The monoisotopic (exact) mass is 368 g/mol. The highest BCUT2D eigenvalue weighted by Crippen LogP contribution is 2.36. The van der Waals surface area contributed by atoms with E-state index in [1.807, 2.05) is 0 Å². The average Bonchev–Trinajstić information content (AvgIpc) is 2.63. The van der Waals surface area contributed by atoms with Gasteiger partial charge in [0.15, 0.2) is 0 Å². The summed E-state index contributed by atoms with van der Waals surface area (Å²) >= 11 is 3.57. The Bertz CT molecular complexity index is 501.